The fourth-order valence-electron chi connectivity index (χ4n) is 3.24. The molecule has 0 unspecified atom stereocenters. The van der Waals surface area contributed by atoms with Gasteiger partial charge in [-0.15, -0.1) is 0 Å². The molecule has 5 heteroatoms. The summed E-state index contributed by atoms with van der Waals surface area (Å²) in [6, 6.07) is 4.71. The van der Waals surface area contributed by atoms with Crippen molar-refractivity contribution >= 4 is 0 Å². The van der Waals surface area contributed by atoms with Crippen molar-refractivity contribution in [3.63, 3.8) is 0 Å². The minimum atomic E-state index is -4.26. The van der Waals surface area contributed by atoms with Crippen LogP contribution in [0.25, 0.3) is 0 Å². The molecule has 0 aromatic heterocycles. The molecule has 2 fully saturated rings. The van der Waals surface area contributed by atoms with Crippen molar-refractivity contribution in [3.8, 4) is 0 Å². The smallest absolute Gasteiger partial charge is 0.314 e. The number of hydrogen-bond acceptors (Lipinski definition) is 2. The molecule has 2 aliphatic rings. The van der Waals surface area contributed by atoms with Gasteiger partial charge in [0, 0.05) is 12.6 Å². The summed E-state index contributed by atoms with van der Waals surface area (Å²) in [6.07, 6.45) is 0.756. The molecule has 0 radical (unpaired) electrons. The van der Waals surface area contributed by atoms with Crippen LogP contribution in [0.5, 0.6) is 0 Å². The number of piperidine rings is 1. The molecule has 1 saturated heterocycles. The third-order valence-corrected chi connectivity index (χ3v) is 5.04. The van der Waals surface area contributed by atoms with Gasteiger partial charge in [-0.05, 0) is 81.4 Å². The Hall–Kier alpha value is -1.07. The molecule has 1 aliphatic heterocycles. The highest BCUT2D eigenvalue weighted by Gasteiger charge is 2.31. The van der Waals surface area contributed by atoms with E-state index in [1.165, 1.54) is 25.0 Å². The number of alkyl halides is 3. The average molecular weight is 326 g/mol. The summed E-state index contributed by atoms with van der Waals surface area (Å²) in [5, 5.41) is 3.65. The minimum Gasteiger partial charge on any atom is -0.314 e. The van der Waals surface area contributed by atoms with Crippen LogP contribution in [0.1, 0.15) is 42.4 Å². The molecule has 0 amide bonds. The first-order valence-electron chi connectivity index (χ1n) is 8.54. The van der Waals surface area contributed by atoms with E-state index in [9.17, 15) is 13.2 Å². The van der Waals surface area contributed by atoms with Crippen LogP contribution in [0.3, 0.4) is 0 Å². The Kier molecular flexibility index (Phi) is 4.97. The van der Waals surface area contributed by atoms with Crippen molar-refractivity contribution in [1.29, 1.82) is 0 Å². The molecule has 1 saturated carbocycles. The molecule has 1 heterocycles. The van der Waals surface area contributed by atoms with Crippen LogP contribution in [-0.2, 0) is 12.7 Å². The maximum Gasteiger partial charge on any atom is 0.416 e. The van der Waals surface area contributed by atoms with Crippen LogP contribution in [-0.4, -0.2) is 30.6 Å². The van der Waals surface area contributed by atoms with E-state index in [1.54, 1.807) is 13.0 Å². The monoisotopic (exact) mass is 326 g/mol. The van der Waals surface area contributed by atoms with E-state index in [2.05, 4.69) is 10.2 Å². The maximum atomic E-state index is 12.7. The Morgan fingerprint density at radius 3 is 2.39 bits per heavy atom. The Labute approximate surface area is 136 Å². The molecule has 128 valence electrons. The molecular weight excluding hydrogens is 301 g/mol. The number of benzene rings is 1. The number of halogens is 3. The first-order chi connectivity index (χ1) is 10.9. The Morgan fingerprint density at radius 2 is 1.83 bits per heavy atom. The third-order valence-electron chi connectivity index (χ3n) is 5.04. The molecule has 2 nitrogen and oxygen atoms in total. The first kappa shape index (κ1) is 16.8. The van der Waals surface area contributed by atoms with Crippen LogP contribution in [0, 0.1) is 12.8 Å². The van der Waals surface area contributed by atoms with Gasteiger partial charge >= 0.3 is 6.18 Å². The van der Waals surface area contributed by atoms with Crippen LogP contribution in [0.15, 0.2) is 18.2 Å². The van der Waals surface area contributed by atoms with Gasteiger partial charge in [0.1, 0.15) is 0 Å². The lowest BCUT2D eigenvalue weighted by Crippen LogP contribution is -2.42. The lowest BCUT2D eigenvalue weighted by atomic mass is 10.0. The van der Waals surface area contributed by atoms with Gasteiger partial charge in [-0.2, -0.15) is 13.2 Å². The summed E-state index contributed by atoms with van der Waals surface area (Å²) in [5.74, 6) is 0.905. The second kappa shape index (κ2) is 6.81. The van der Waals surface area contributed by atoms with Crippen molar-refractivity contribution in [2.45, 2.75) is 51.4 Å². The van der Waals surface area contributed by atoms with Crippen molar-refractivity contribution < 1.29 is 13.2 Å². The fourth-order valence-corrected chi connectivity index (χ4v) is 3.24. The van der Waals surface area contributed by atoms with Gasteiger partial charge in [-0.3, -0.25) is 4.90 Å². The van der Waals surface area contributed by atoms with Crippen LogP contribution in [0.2, 0.25) is 0 Å². The molecule has 1 aromatic carbocycles. The number of rotatable bonds is 5. The standard InChI is InChI=1S/C18H25F3N2/c1-13-10-16(18(19,20)21)5-4-15(13)12-23-8-6-17(7-9-23)22-11-14-2-3-14/h4-5,10,14,17,22H,2-3,6-9,11-12H2,1H3. The number of nitrogens with one attached hydrogen (secondary N) is 1. The summed E-state index contributed by atoms with van der Waals surface area (Å²) in [5.41, 5.74) is 1.18. The van der Waals surface area contributed by atoms with E-state index in [0.29, 0.717) is 6.04 Å². The third kappa shape index (κ3) is 4.70. The zero-order valence-corrected chi connectivity index (χ0v) is 13.6. The second-order valence-electron chi connectivity index (χ2n) is 7.04. The zero-order chi connectivity index (χ0) is 16.4. The Balaban J connectivity index is 1.50. The predicted octanol–water partition coefficient (Wildman–Crippen LogP) is 3.98. The van der Waals surface area contributed by atoms with Gasteiger partial charge in [0.25, 0.3) is 0 Å². The zero-order valence-electron chi connectivity index (χ0n) is 13.6. The van der Waals surface area contributed by atoms with E-state index in [0.717, 1.165) is 56.1 Å². The van der Waals surface area contributed by atoms with E-state index >= 15 is 0 Å². The quantitative estimate of drug-likeness (QED) is 0.880. The second-order valence-corrected chi connectivity index (χ2v) is 7.04. The summed E-state index contributed by atoms with van der Waals surface area (Å²) < 4.78 is 38.2. The lowest BCUT2D eigenvalue weighted by molar-refractivity contribution is -0.137. The fraction of sp³-hybridized carbons (Fsp3) is 0.667. The number of likely N-dealkylation sites (tertiary alicyclic amines) is 1. The number of hydrogen-bond donors (Lipinski definition) is 1. The highest BCUT2D eigenvalue weighted by atomic mass is 19.4. The van der Waals surface area contributed by atoms with Crippen LogP contribution >= 0.6 is 0 Å². The Morgan fingerprint density at radius 1 is 1.13 bits per heavy atom. The van der Waals surface area contributed by atoms with Crippen molar-refractivity contribution in [3.05, 3.63) is 34.9 Å². The summed E-state index contributed by atoms with van der Waals surface area (Å²) in [4.78, 5) is 2.35. The van der Waals surface area contributed by atoms with Gasteiger partial charge in [0.2, 0.25) is 0 Å². The van der Waals surface area contributed by atoms with Gasteiger partial charge in [0.05, 0.1) is 5.56 Å². The first-order valence-corrected chi connectivity index (χ1v) is 8.54. The van der Waals surface area contributed by atoms with Gasteiger partial charge in [-0.25, -0.2) is 0 Å². The van der Waals surface area contributed by atoms with E-state index in [1.807, 2.05) is 0 Å². The molecule has 3 rings (SSSR count). The molecular formula is C18H25F3N2. The van der Waals surface area contributed by atoms with Gasteiger partial charge in [-0.1, -0.05) is 6.07 Å². The average Bonchev–Trinajstić information content (AvgIpc) is 3.32. The molecule has 0 atom stereocenters. The summed E-state index contributed by atoms with van der Waals surface area (Å²) >= 11 is 0. The highest BCUT2D eigenvalue weighted by Crippen LogP contribution is 2.31. The molecule has 0 bridgehead atoms. The Bertz CT molecular complexity index is 530. The van der Waals surface area contributed by atoms with Crippen LogP contribution in [0.4, 0.5) is 13.2 Å². The lowest BCUT2D eigenvalue weighted by Gasteiger charge is -2.33. The number of nitrogens with zero attached hydrogens (tertiary/aromatic N) is 1. The minimum absolute atomic E-state index is 0.554. The molecule has 1 N–H and O–H groups in total. The van der Waals surface area contributed by atoms with Crippen molar-refractivity contribution in [1.82, 2.24) is 10.2 Å². The topological polar surface area (TPSA) is 15.3 Å². The molecule has 1 aliphatic carbocycles. The highest BCUT2D eigenvalue weighted by molar-refractivity contribution is 5.32. The van der Waals surface area contributed by atoms with Crippen molar-refractivity contribution in [2.24, 2.45) is 5.92 Å². The molecule has 23 heavy (non-hydrogen) atoms. The van der Waals surface area contributed by atoms with Gasteiger partial charge < -0.3 is 5.32 Å². The van der Waals surface area contributed by atoms with Crippen molar-refractivity contribution in [2.75, 3.05) is 19.6 Å². The van der Waals surface area contributed by atoms with Gasteiger partial charge in [0.15, 0.2) is 0 Å². The molecule has 1 aromatic rings. The van der Waals surface area contributed by atoms with E-state index < -0.39 is 11.7 Å². The maximum absolute atomic E-state index is 12.7. The van der Waals surface area contributed by atoms with Crippen LogP contribution < -0.4 is 5.32 Å². The number of aryl methyl sites for hydroxylation is 1. The molecule has 0 spiro atoms. The summed E-state index contributed by atoms with van der Waals surface area (Å²) in [7, 11) is 0. The van der Waals surface area contributed by atoms with E-state index in [4.69, 9.17) is 0 Å². The predicted molar refractivity (Wildman–Crippen MR) is 85.2 cm³/mol. The SMILES string of the molecule is Cc1cc(C(F)(F)F)ccc1CN1CCC(NCC2CC2)CC1. The largest absolute Gasteiger partial charge is 0.416 e. The normalized spacial score (nSPS) is 20.9. The summed E-state index contributed by atoms with van der Waals surface area (Å²) in [6.45, 7) is 5.71. The van der Waals surface area contributed by atoms with E-state index in [-0.39, 0.29) is 0 Å².